The van der Waals surface area contributed by atoms with Gasteiger partial charge in [0, 0.05) is 12.3 Å². The van der Waals surface area contributed by atoms with Gasteiger partial charge in [0.15, 0.2) is 5.82 Å². The van der Waals surface area contributed by atoms with E-state index in [0.29, 0.717) is 5.00 Å². The minimum Gasteiger partial charge on any atom is -0.382 e. The van der Waals surface area contributed by atoms with Crippen LogP contribution in [-0.2, 0) is 0 Å². The van der Waals surface area contributed by atoms with E-state index < -0.39 is 5.51 Å². The van der Waals surface area contributed by atoms with Crippen LogP contribution in [0, 0.1) is 11.3 Å². The molecule has 0 unspecified atom stereocenters. The lowest BCUT2D eigenvalue weighted by molar-refractivity contribution is -0.0327. The fourth-order valence-electron chi connectivity index (χ4n) is 0.862. The molecular weight excluding hydrogens is 261 g/mol. The lowest BCUT2D eigenvalue weighted by Crippen LogP contribution is -2.09. The number of nitriles is 1. The van der Waals surface area contributed by atoms with E-state index in [1.165, 1.54) is 0 Å². The molecule has 9 heteroatoms. The lowest BCUT2D eigenvalue weighted by atomic mass is 10.3. The minimum absolute atomic E-state index is 0.0958. The molecule has 0 saturated heterocycles. The number of nitrogens with two attached hydrogens (primary N) is 1. The Labute approximate surface area is 97.8 Å². The number of thioether (sulfide) groups is 1. The number of alkyl halides is 3. The highest BCUT2D eigenvalue weighted by molar-refractivity contribution is 8.00. The van der Waals surface area contributed by atoms with Gasteiger partial charge in [-0.05, 0) is 23.3 Å². The van der Waals surface area contributed by atoms with Crippen LogP contribution in [0.3, 0.4) is 0 Å². The van der Waals surface area contributed by atoms with Crippen LogP contribution in [0.15, 0.2) is 0 Å². The number of anilines is 2. The third-order valence-electron chi connectivity index (χ3n) is 1.48. The van der Waals surface area contributed by atoms with E-state index in [0.717, 1.165) is 11.5 Å². The lowest BCUT2D eigenvalue weighted by Gasteiger charge is -2.06. The molecule has 0 amide bonds. The second-order valence-corrected chi connectivity index (χ2v) is 4.54. The molecule has 0 aliphatic carbocycles. The Bertz CT molecular complexity index is 395. The Hall–Kier alpha value is -1.14. The van der Waals surface area contributed by atoms with Crippen LogP contribution in [-0.4, -0.2) is 22.2 Å². The molecule has 0 fully saturated rings. The molecule has 0 atom stereocenters. The Morgan fingerprint density at radius 3 is 2.81 bits per heavy atom. The Kier molecular flexibility index (Phi) is 4.26. The first-order valence-corrected chi connectivity index (χ1v) is 5.79. The summed E-state index contributed by atoms with van der Waals surface area (Å²) in [5.41, 5.74) is 1.33. The maximum atomic E-state index is 11.8. The highest BCUT2D eigenvalue weighted by Gasteiger charge is 2.27. The van der Waals surface area contributed by atoms with E-state index in [1.54, 1.807) is 0 Å². The zero-order chi connectivity index (χ0) is 12.2. The fraction of sp³-hybridized carbons (Fsp3) is 0.429. The monoisotopic (exact) mass is 268 g/mol. The fourth-order valence-corrected chi connectivity index (χ4v) is 1.99. The number of nitrogen functional groups attached to an aromatic ring is 1. The Morgan fingerprint density at radius 2 is 2.25 bits per heavy atom. The van der Waals surface area contributed by atoms with E-state index in [4.69, 9.17) is 11.0 Å². The van der Waals surface area contributed by atoms with E-state index >= 15 is 0 Å². The first-order valence-electron chi connectivity index (χ1n) is 4.04. The average Bonchev–Trinajstić information content (AvgIpc) is 2.52. The number of nitrogens with zero attached hydrogens (tertiary/aromatic N) is 2. The van der Waals surface area contributed by atoms with Crippen molar-refractivity contribution in [3.63, 3.8) is 0 Å². The number of rotatable bonds is 4. The molecule has 1 aromatic heterocycles. The summed E-state index contributed by atoms with van der Waals surface area (Å²) in [6.45, 7) is 0.0977. The second kappa shape index (κ2) is 5.27. The summed E-state index contributed by atoms with van der Waals surface area (Å²) < 4.78 is 39.1. The topological polar surface area (TPSA) is 74.7 Å². The summed E-state index contributed by atoms with van der Waals surface area (Å²) in [6, 6.07) is 1.83. The Balaban J connectivity index is 2.41. The minimum atomic E-state index is -4.23. The van der Waals surface area contributed by atoms with Crippen LogP contribution in [0.25, 0.3) is 0 Å². The van der Waals surface area contributed by atoms with Crippen LogP contribution in [0.4, 0.5) is 24.0 Å². The molecule has 0 radical (unpaired) electrons. The van der Waals surface area contributed by atoms with Crippen LogP contribution < -0.4 is 11.1 Å². The van der Waals surface area contributed by atoms with Gasteiger partial charge in [0.05, 0.1) is 0 Å². The molecule has 16 heavy (non-hydrogen) atoms. The molecule has 88 valence electrons. The molecular formula is C7H7F3N4S2. The van der Waals surface area contributed by atoms with Crippen molar-refractivity contribution in [1.29, 1.82) is 5.26 Å². The van der Waals surface area contributed by atoms with Gasteiger partial charge in [0.25, 0.3) is 0 Å². The maximum absolute atomic E-state index is 11.8. The molecule has 1 rings (SSSR count). The summed E-state index contributed by atoms with van der Waals surface area (Å²) in [5.74, 6) is -0.0370. The molecule has 0 aromatic carbocycles. The van der Waals surface area contributed by atoms with Gasteiger partial charge in [-0.2, -0.15) is 22.8 Å². The normalized spacial score (nSPS) is 11.1. The third kappa shape index (κ3) is 3.79. The van der Waals surface area contributed by atoms with E-state index in [9.17, 15) is 13.2 Å². The first-order chi connectivity index (χ1) is 7.44. The van der Waals surface area contributed by atoms with Gasteiger partial charge in [-0.25, -0.2) is 0 Å². The zero-order valence-electron chi connectivity index (χ0n) is 7.84. The summed E-state index contributed by atoms with van der Waals surface area (Å²) in [6.07, 6.45) is 0. The predicted octanol–water partition coefficient (Wildman–Crippen LogP) is 2.26. The quantitative estimate of drug-likeness (QED) is 0.819. The predicted molar refractivity (Wildman–Crippen MR) is 58.2 cm³/mol. The van der Waals surface area contributed by atoms with Gasteiger partial charge >= 0.3 is 5.51 Å². The van der Waals surface area contributed by atoms with E-state index in [1.807, 2.05) is 6.07 Å². The van der Waals surface area contributed by atoms with E-state index in [-0.39, 0.29) is 35.4 Å². The summed E-state index contributed by atoms with van der Waals surface area (Å²) >= 11 is 0.840. The summed E-state index contributed by atoms with van der Waals surface area (Å²) in [4.78, 5) is 0. The van der Waals surface area contributed by atoms with Crippen LogP contribution >= 0.6 is 23.3 Å². The molecule has 0 aliphatic heterocycles. The zero-order valence-corrected chi connectivity index (χ0v) is 9.47. The first kappa shape index (κ1) is 12.9. The van der Waals surface area contributed by atoms with Crippen LogP contribution in [0.1, 0.15) is 5.56 Å². The average molecular weight is 268 g/mol. The van der Waals surface area contributed by atoms with E-state index in [2.05, 4.69) is 9.69 Å². The molecule has 0 bridgehead atoms. The van der Waals surface area contributed by atoms with Gasteiger partial charge < -0.3 is 11.1 Å². The second-order valence-electron chi connectivity index (χ2n) is 2.60. The largest absolute Gasteiger partial charge is 0.441 e. The number of halogens is 3. The highest BCUT2D eigenvalue weighted by Crippen LogP contribution is 2.30. The van der Waals surface area contributed by atoms with Crippen molar-refractivity contribution in [2.45, 2.75) is 5.51 Å². The number of aromatic nitrogens is 1. The SMILES string of the molecule is N#Cc1c(N)nsc1NCCSC(F)(F)F. The number of hydrogen-bond donors (Lipinski definition) is 2. The summed E-state index contributed by atoms with van der Waals surface area (Å²) in [7, 11) is 0. The van der Waals surface area contributed by atoms with Crippen molar-refractivity contribution >= 4 is 34.1 Å². The summed E-state index contributed by atoms with van der Waals surface area (Å²) in [5, 5.41) is 11.8. The van der Waals surface area contributed by atoms with Crippen LogP contribution in [0.5, 0.6) is 0 Å². The molecule has 3 N–H and O–H groups in total. The van der Waals surface area contributed by atoms with Crippen molar-refractivity contribution in [2.75, 3.05) is 23.3 Å². The Morgan fingerprint density at radius 1 is 1.56 bits per heavy atom. The van der Waals surface area contributed by atoms with Gasteiger partial charge in [0.2, 0.25) is 0 Å². The molecule has 0 spiro atoms. The van der Waals surface area contributed by atoms with Crippen molar-refractivity contribution in [2.24, 2.45) is 0 Å². The van der Waals surface area contributed by atoms with Crippen molar-refractivity contribution < 1.29 is 13.2 Å². The van der Waals surface area contributed by atoms with Gasteiger partial charge in [-0.3, -0.25) is 0 Å². The van der Waals surface area contributed by atoms with Crippen molar-refractivity contribution in [1.82, 2.24) is 4.37 Å². The van der Waals surface area contributed by atoms with Gasteiger partial charge in [-0.15, -0.1) is 0 Å². The number of nitrogens with one attached hydrogen (secondary N) is 1. The molecule has 1 heterocycles. The van der Waals surface area contributed by atoms with Gasteiger partial charge in [-0.1, -0.05) is 0 Å². The smallest absolute Gasteiger partial charge is 0.382 e. The van der Waals surface area contributed by atoms with Crippen molar-refractivity contribution in [3.8, 4) is 6.07 Å². The molecule has 0 aliphatic rings. The van der Waals surface area contributed by atoms with Gasteiger partial charge in [0.1, 0.15) is 16.6 Å². The van der Waals surface area contributed by atoms with Crippen molar-refractivity contribution in [3.05, 3.63) is 5.56 Å². The third-order valence-corrected chi connectivity index (χ3v) is 3.04. The maximum Gasteiger partial charge on any atom is 0.441 e. The molecule has 1 aromatic rings. The van der Waals surface area contributed by atoms with Crippen LogP contribution in [0.2, 0.25) is 0 Å². The molecule has 4 nitrogen and oxygen atoms in total. The highest BCUT2D eigenvalue weighted by atomic mass is 32.2. The standard InChI is InChI=1S/C7H7F3N4S2/c8-7(9,10)15-2-1-13-6-4(3-11)5(12)14-16-6/h13H,1-2H2,(H2,12,14). The molecule has 0 saturated carbocycles. The number of hydrogen-bond acceptors (Lipinski definition) is 6.